The van der Waals surface area contributed by atoms with Gasteiger partial charge in [-0.05, 0) is 23.4 Å². The Morgan fingerprint density at radius 1 is 0.875 bits per heavy atom. The van der Waals surface area contributed by atoms with E-state index in [4.69, 9.17) is 0 Å². The van der Waals surface area contributed by atoms with Crippen molar-refractivity contribution in [1.82, 2.24) is 0 Å². The first-order chi connectivity index (χ1) is 7.83. The zero-order valence-corrected chi connectivity index (χ0v) is 9.67. The lowest BCUT2D eigenvalue weighted by Gasteiger charge is -2.03. The summed E-state index contributed by atoms with van der Waals surface area (Å²) in [7, 11) is 0. The molecule has 0 saturated heterocycles. The van der Waals surface area contributed by atoms with Gasteiger partial charge in [-0.25, -0.2) is 0 Å². The van der Waals surface area contributed by atoms with Gasteiger partial charge in [-0.15, -0.1) is 11.8 Å². The summed E-state index contributed by atoms with van der Waals surface area (Å²) in [4.78, 5) is 13.3. The molecule has 0 radical (unpaired) electrons. The first-order valence-electron chi connectivity index (χ1n) is 5.14. The van der Waals surface area contributed by atoms with Gasteiger partial charge in [-0.2, -0.15) is 0 Å². The Hall–Kier alpha value is -1.54. The molecule has 0 fully saturated rings. The molecule has 1 aliphatic carbocycles. The van der Waals surface area contributed by atoms with E-state index in [-0.39, 0.29) is 5.78 Å². The molecule has 0 aromatic heterocycles. The third-order valence-corrected chi connectivity index (χ3v) is 3.72. The molecule has 3 rings (SSSR count). The van der Waals surface area contributed by atoms with Crippen molar-refractivity contribution in [3.8, 4) is 11.1 Å². The maximum Gasteiger partial charge on any atom is 0.195 e. The Morgan fingerprint density at radius 2 is 1.56 bits per heavy atom. The summed E-state index contributed by atoms with van der Waals surface area (Å²) in [6, 6.07) is 13.9. The van der Waals surface area contributed by atoms with Crippen LogP contribution in [-0.4, -0.2) is 12.0 Å². The molecule has 0 spiro atoms. The second-order valence-corrected chi connectivity index (χ2v) is 4.61. The first-order valence-corrected chi connectivity index (χ1v) is 6.36. The van der Waals surface area contributed by atoms with E-state index in [0.29, 0.717) is 0 Å². The van der Waals surface area contributed by atoms with Gasteiger partial charge < -0.3 is 0 Å². The van der Waals surface area contributed by atoms with Gasteiger partial charge in [-0.1, -0.05) is 36.4 Å². The molecule has 0 atom stereocenters. The number of ketones is 1. The molecule has 0 amide bonds. The van der Waals surface area contributed by atoms with Gasteiger partial charge in [0.2, 0.25) is 0 Å². The molecule has 0 heterocycles. The lowest BCUT2D eigenvalue weighted by Crippen LogP contribution is -1.96. The Labute approximate surface area is 98.5 Å². The molecule has 0 N–H and O–H groups in total. The highest BCUT2D eigenvalue weighted by Gasteiger charge is 2.27. The molecule has 0 saturated carbocycles. The van der Waals surface area contributed by atoms with Crippen molar-refractivity contribution in [2.45, 2.75) is 4.90 Å². The average Bonchev–Trinajstić information content (AvgIpc) is 2.64. The van der Waals surface area contributed by atoms with Crippen LogP contribution in [0, 0.1) is 0 Å². The van der Waals surface area contributed by atoms with Gasteiger partial charge in [0.05, 0.1) is 0 Å². The van der Waals surface area contributed by atoms with Crippen molar-refractivity contribution in [2.75, 3.05) is 6.26 Å². The maximum atomic E-state index is 12.3. The van der Waals surface area contributed by atoms with Crippen molar-refractivity contribution in [3.63, 3.8) is 0 Å². The summed E-state index contributed by atoms with van der Waals surface area (Å²) in [5.41, 5.74) is 3.85. The second kappa shape index (κ2) is 3.49. The van der Waals surface area contributed by atoms with Crippen LogP contribution >= 0.6 is 11.8 Å². The Balaban J connectivity index is 2.37. The molecule has 0 bridgehead atoms. The van der Waals surface area contributed by atoms with Crippen LogP contribution in [0.1, 0.15) is 15.9 Å². The maximum absolute atomic E-state index is 12.3. The minimum atomic E-state index is 0.163. The molecular formula is C14H10OS. The van der Waals surface area contributed by atoms with E-state index >= 15 is 0 Å². The van der Waals surface area contributed by atoms with Gasteiger partial charge in [0.25, 0.3) is 0 Å². The number of fused-ring (bicyclic) bond motifs is 3. The minimum Gasteiger partial charge on any atom is -0.289 e. The van der Waals surface area contributed by atoms with Crippen LogP contribution in [0.25, 0.3) is 11.1 Å². The van der Waals surface area contributed by atoms with Crippen LogP contribution in [0.4, 0.5) is 0 Å². The van der Waals surface area contributed by atoms with E-state index in [1.54, 1.807) is 11.8 Å². The van der Waals surface area contributed by atoms with Gasteiger partial charge in [-0.3, -0.25) is 4.79 Å². The van der Waals surface area contributed by atoms with E-state index in [1.807, 2.05) is 48.7 Å². The molecular weight excluding hydrogens is 216 g/mol. The highest BCUT2D eigenvalue weighted by molar-refractivity contribution is 7.98. The van der Waals surface area contributed by atoms with Crippen LogP contribution in [0.3, 0.4) is 0 Å². The lowest BCUT2D eigenvalue weighted by molar-refractivity contribution is 0.104. The van der Waals surface area contributed by atoms with Gasteiger partial charge >= 0.3 is 0 Å². The van der Waals surface area contributed by atoms with E-state index in [9.17, 15) is 4.79 Å². The van der Waals surface area contributed by atoms with Crippen LogP contribution in [0.2, 0.25) is 0 Å². The van der Waals surface area contributed by atoms with Gasteiger partial charge in [0.15, 0.2) is 5.78 Å². The fraction of sp³-hybridized carbons (Fsp3) is 0.0714. The zero-order chi connectivity index (χ0) is 11.1. The summed E-state index contributed by atoms with van der Waals surface area (Å²) in [5, 5.41) is 0. The second-order valence-electron chi connectivity index (χ2n) is 3.76. The Bertz CT molecular complexity index is 587. The summed E-state index contributed by atoms with van der Waals surface area (Å²) < 4.78 is 0. The van der Waals surface area contributed by atoms with Crippen molar-refractivity contribution >= 4 is 17.5 Å². The van der Waals surface area contributed by atoms with Crippen molar-refractivity contribution in [3.05, 3.63) is 53.6 Å². The number of rotatable bonds is 1. The zero-order valence-electron chi connectivity index (χ0n) is 8.86. The molecule has 1 aliphatic rings. The average molecular weight is 226 g/mol. The SMILES string of the molecule is CSc1cccc2c1C(=O)c1ccccc1-2. The summed E-state index contributed by atoms with van der Waals surface area (Å²) >= 11 is 1.63. The Kier molecular flexibility index (Phi) is 2.11. The molecule has 16 heavy (non-hydrogen) atoms. The highest BCUT2D eigenvalue weighted by atomic mass is 32.2. The van der Waals surface area contributed by atoms with Crippen molar-refractivity contribution < 1.29 is 4.79 Å². The molecule has 0 unspecified atom stereocenters. The Morgan fingerprint density at radius 3 is 2.31 bits per heavy atom. The predicted molar refractivity (Wildman–Crippen MR) is 67.1 cm³/mol. The molecule has 2 heteroatoms. The van der Waals surface area contributed by atoms with Crippen molar-refractivity contribution in [2.24, 2.45) is 0 Å². The molecule has 2 aromatic carbocycles. The number of carbonyl (C=O) groups is 1. The van der Waals surface area contributed by atoms with E-state index in [0.717, 1.165) is 27.1 Å². The topological polar surface area (TPSA) is 17.1 Å². The lowest BCUT2D eigenvalue weighted by atomic mass is 10.1. The normalized spacial score (nSPS) is 12.4. The first kappa shape index (κ1) is 9.67. The number of carbonyl (C=O) groups excluding carboxylic acids is 1. The number of thioether (sulfide) groups is 1. The summed E-state index contributed by atoms with van der Waals surface area (Å²) in [5.74, 6) is 0.163. The van der Waals surface area contributed by atoms with E-state index in [1.165, 1.54) is 0 Å². The molecule has 78 valence electrons. The third-order valence-electron chi connectivity index (χ3n) is 2.94. The van der Waals surface area contributed by atoms with Gasteiger partial charge in [0, 0.05) is 16.0 Å². The largest absolute Gasteiger partial charge is 0.289 e. The smallest absolute Gasteiger partial charge is 0.195 e. The number of hydrogen-bond donors (Lipinski definition) is 0. The van der Waals surface area contributed by atoms with E-state index < -0.39 is 0 Å². The highest BCUT2D eigenvalue weighted by Crippen LogP contribution is 2.40. The third kappa shape index (κ3) is 1.17. The standard InChI is InChI=1S/C14H10OS/c1-16-12-8-4-7-10-9-5-2-3-6-11(9)14(15)13(10)12/h2-8H,1H3. The van der Waals surface area contributed by atoms with Crippen LogP contribution in [-0.2, 0) is 0 Å². The molecule has 2 aromatic rings. The quantitative estimate of drug-likeness (QED) is 0.589. The minimum absolute atomic E-state index is 0.163. The monoisotopic (exact) mass is 226 g/mol. The van der Waals surface area contributed by atoms with Crippen molar-refractivity contribution in [1.29, 1.82) is 0 Å². The molecule has 1 nitrogen and oxygen atoms in total. The number of benzene rings is 2. The van der Waals surface area contributed by atoms with Crippen LogP contribution in [0.15, 0.2) is 47.4 Å². The summed E-state index contributed by atoms with van der Waals surface area (Å²) in [6.45, 7) is 0. The predicted octanol–water partition coefficient (Wildman–Crippen LogP) is 3.62. The number of hydrogen-bond acceptors (Lipinski definition) is 2. The fourth-order valence-corrected chi connectivity index (χ4v) is 2.83. The van der Waals surface area contributed by atoms with Crippen LogP contribution in [0.5, 0.6) is 0 Å². The van der Waals surface area contributed by atoms with E-state index in [2.05, 4.69) is 0 Å². The summed E-state index contributed by atoms with van der Waals surface area (Å²) in [6.07, 6.45) is 2.01. The van der Waals surface area contributed by atoms with Crippen LogP contribution < -0.4 is 0 Å². The fourth-order valence-electron chi connectivity index (χ4n) is 2.21. The molecule has 0 aliphatic heterocycles. The van der Waals surface area contributed by atoms with Gasteiger partial charge in [0.1, 0.15) is 0 Å².